The summed E-state index contributed by atoms with van der Waals surface area (Å²) in [6.45, 7) is 16.3. The Bertz CT molecular complexity index is 940. The molecule has 0 saturated heterocycles. The van der Waals surface area contributed by atoms with E-state index in [2.05, 4.69) is 38.0 Å². The zero-order valence-electron chi connectivity index (χ0n) is 18.1. The Morgan fingerprint density at radius 1 is 1.10 bits per heavy atom. The first-order chi connectivity index (χ1) is 12.8. The van der Waals surface area contributed by atoms with Crippen LogP contribution < -0.4 is 4.43 Å². The molecule has 1 aromatic carbocycles. The average molecular weight is 451 g/mol. The van der Waals surface area contributed by atoms with Crippen LogP contribution in [0.2, 0.25) is 18.1 Å². The highest BCUT2D eigenvalue weighted by atomic mass is 32.2. The molecule has 4 nitrogen and oxygen atoms in total. The maximum atomic E-state index is 12.8. The Hall–Kier alpha value is -1.48. The Labute approximate surface area is 172 Å². The topological polar surface area (TPSA) is 52.6 Å². The lowest BCUT2D eigenvalue weighted by molar-refractivity contribution is -0.0509. The minimum atomic E-state index is -5.74. The Balaban J connectivity index is 2.55. The smallest absolute Gasteiger partial charge is 0.534 e. The van der Waals surface area contributed by atoms with Crippen LogP contribution in [0.25, 0.3) is 5.76 Å². The van der Waals surface area contributed by atoms with E-state index in [9.17, 15) is 21.6 Å². The Morgan fingerprint density at radius 2 is 1.66 bits per heavy atom. The molecule has 0 bridgehead atoms. The van der Waals surface area contributed by atoms with Gasteiger partial charge in [0.1, 0.15) is 11.5 Å². The van der Waals surface area contributed by atoms with Crippen molar-refractivity contribution in [2.75, 3.05) is 0 Å². The molecular weight excluding hydrogens is 421 g/mol. The average Bonchev–Trinajstić information content (AvgIpc) is 2.49. The van der Waals surface area contributed by atoms with Gasteiger partial charge in [-0.1, -0.05) is 34.6 Å². The summed E-state index contributed by atoms with van der Waals surface area (Å²) < 4.78 is 72.4. The molecule has 0 atom stereocenters. The molecule has 0 aliphatic heterocycles. The van der Waals surface area contributed by atoms with E-state index in [1.54, 1.807) is 13.0 Å². The lowest BCUT2D eigenvalue weighted by Crippen LogP contribution is -2.44. The predicted octanol–water partition coefficient (Wildman–Crippen LogP) is 6.27. The van der Waals surface area contributed by atoms with Crippen molar-refractivity contribution in [3.8, 4) is 5.75 Å². The van der Waals surface area contributed by atoms with Crippen LogP contribution >= 0.6 is 0 Å². The summed E-state index contributed by atoms with van der Waals surface area (Å²) in [5, 5.41) is -0.0280. The maximum Gasteiger partial charge on any atom is 0.534 e. The molecule has 1 aromatic rings. The van der Waals surface area contributed by atoms with Crippen molar-refractivity contribution in [2.45, 2.75) is 77.0 Å². The van der Waals surface area contributed by atoms with E-state index in [-0.39, 0.29) is 10.8 Å². The van der Waals surface area contributed by atoms with Crippen LogP contribution in [0.15, 0.2) is 18.2 Å². The van der Waals surface area contributed by atoms with Crippen LogP contribution in [-0.4, -0.2) is 22.2 Å². The summed E-state index contributed by atoms with van der Waals surface area (Å²) in [7, 11) is -7.88. The highest BCUT2D eigenvalue weighted by molar-refractivity contribution is 7.87. The van der Waals surface area contributed by atoms with Crippen LogP contribution in [0.4, 0.5) is 13.2 Å². The van der Waals surface area contributed by atoms with Crippen LogP contribution in [0, 0.1) is 6.92 Å². The largest absolute Gasteiger partial charge is 0.543 e. The number of hydrogen-bond donors (Lipinski definition) is 0. The van der Waals surface area contributed by atoms with Gasteiger partial charge in [0.15, 0.2) is 0 Å². The third-order valence-electron chi connectivity index (χ3n) is 5.76. The zero-order chi connectivity index (χ0) is 22.6. The number of halogens is 3. The van der Waals surface area contributed by atoms with Gasteiger partial charge in [-0.15, -0.1) is 0 Å². The summed E-state index contributed by atoms with van der Waals surface area (Å²) in [5.74, 6) is 0.377. The van der Waals surface area contributed by atoms with Gasteiger partial charge in [0.2, 0.25) is 8.32 Å². The molecule has 164 valence electrons. The summed E-state index contributed by atoms with van der Waals surface area (Å²) in [4.78, 5) is 0. The van der Waals surface area contributed by atoms with E-state index in [1.807, 2.05) is 19.9 Å². The first-order valence-corrected chi connectivity index (χ1v) is 13.7. The number of hydrogen-bond acceptors (Lipinski definition) is 4. The van der Waals surface area contributed by atoms with Gasteiger partial charge >= 0.3 is 15.6 Å². The van der Waals surface area contributed by atoms with Crippen molar-refractivity contribution in [2.24, 2.45) is 0 Å². The molecule has 0 radical (unpaired) electrons. The molecule has 0 amide bonds. The van der Waals surface area contributed by atoms with E-state index >= 15 is 0 Å². The van der Waals surface area contributed by atoms with Crippen molar-refractivity contribution < 1.29 is 30.2 Å². The summed E-state index contributed by atoms with van der Waals surface area (Å²) in [6, 6.07) is 3.47. The van der Waals surface area contributed by atoms with Gasteiger partial charge in [0, 0.05) is 5.56 Å². The molecule has 0 N–H and O–H groups in total. The number of rotatable bonds is 4. The molecule has 0 saturated carbocycles. The lowest BCUT2D eigenvalue weighted by Gasteiger charge is -2.38. The van der Waals surface area contributed by atoms with Gasteiger partial charge in [0.25, 0.3) is 0 Å². The van der Waals surface area contributed by atoms with Gasteiger partial charge in [-0.2, -0.15) is 21.6 Å². The van der Waals surface area contributed by atoms with Crippen LogP contribution in [-0.2, 0) is 19.7 Å². The molecule has 1 aliphatic rings. The minimum absolute atomic E-state index is 0.0280. The molecule has 0 aromatic heterocycles. The molecule has 0 spiro atoms. The van der Waals surface area contributed by atoms with E-state index in [4.69, 9.17) is 4.43 Å². The van der Waals surface area contributed by atoms with E-state index in [0.29, 0.717) is 28.9 Å². The highest BCUT2D eigenvalue weighted by Crippen LogP contribution is 2.45. The van der Waals surface area contributed by atoms with Gasteiger partial charge in [0.05, 0.1) is 0 Å². The summed E-state index contributed by atoms with van der Waals surface area (Å²) >= 11 is 0. The number of benzene rings is 1. The van der Waals surface area contributed by atoms with Crippen LogP contribution in [0.3, 0.4) is 0 Å². The number of allylic oxidation sites excluding steroid dienone is 1. The minimum Gasteiger partial charge on any atom is -0.543 e. The standard InChI is InChI=1S/C20H29F3O4SSi/c1-13-11-14-15(12-17(13)27-29(7,8)18(2,3)4)19(5,6)10-9-16(14)26-28(24,25)20(21,22)23/h9,11-12H,10H2,1-8H3. The first-order valence-electron chi connectivity index (χ1n) is 9.34. The zero-order valence-corrected chi connectivity index (χ0v) is 19.9. The normalized spacial score (nSPS) is 17.4. The van der Waals surface area contributed by atoms with Crippen LogP contribution in [0.1, 0.15) is 57.7 Å². The molecule has 0 fully saturated rings. The molecule has 29 heavy (non-hydrogen) atoms. The molecule has 0 heterocycles. The van der Waals surface area contributed by atoms with E-state index in [0.717, 1.165) is 0 Å². The fraction of sp³-hybridized carbons (Fsp3) is 0.600. The van der Waals surface area contributed by atoms with Gasteiger partial charge < -0.3 is 8.61 Å². The molecule has 9 heteroatoms. The lowest BCUT2D eigenvalue weighted by atomic mass is 9.75. The second-order valence-corrected chi connectivity index (χ2v) is 15.9. The Morgan fingerprint density at radius 3 is 2.14 bits per heavy atom. The predicted molar refractivity (Wildman–Crippen MR) is 111 cm³/mol. The third-order valence-corrected chi connectivity index (χ3v) is 11.1. The first kappa shape index (κ1) is 23.8. The summed E-state index contributed by atoms with van der Waals surface area (Å²) in [5.41, 5.74) is -4.14. The van der Waals surface area contributed by atoms with Crippen LogP contribution in [0.5, 0.6) is 5.75 Å². The summed E-state index contributed by atoms with van der Waals surface area (Å²) in [6.07, 6.45) is 1.74. The molecular formula is C20H29F3O4SSi. The molecule has 1 aliphatic carbocycles. The molecule has 2 rings (SSSR count). The quantitative estimate of drug-likeness (QED) is 0.308. The van der Waals surface area contributed by atoms with Crippen molar-refractivity contribution in [1.82, 2.24) is 0 Å². The van der Waals surface area contributed by atoms with Crippen molar-refractivity contribution in [3.05, 3.63) is 34.9 Å². The van der Waals surface area contributed by atoms with Crippen molar-refractivity contribution in [3.63, 3.8) is 0 Å². The van der Waals surface area contributed by atoms with Crippen molar-refractivity contribution in [1.29, 1.82) is 0 Å². The second-order valence-electron chi connectivity index (χ2n) is 9.67. The third kappa shape index (κ3) is 4.65. The molecule has 0 unspecified atom stereocenters. The second kappa shape index (κ2) is 7.04. The fourth-order valence-electron chi connectivity index (χ4n) is 2.80. The fourth-order valence-corrected chi connectivity index (χ4v) is 4.37. The van der Waals surface area contributed by atoms with E-state index < -0.39 is 29.4 Å². The van der Waals surface area contributed by atoms with Gasteiger partial charge in [-0.05, 0) is 66.2 Å². The Kier molecular flexibility index (Phi) is 5.78. The van der Waals surface area contributed by atoms with Gasteiger partial charge in [-0.25, -0.2) is 0 Å². The monoisotopic (exact) mass is 450 g/mol. The maximum absolute atomic E-state index is 12.8. The van der Waals surface area contributed by atoms with Gasteiger partial charge in [-0.3, -0.25) is 0 Å². The van der Waals surface area contributed by atoms with E-state index in [1.165, 1.54) is 6.08 Å². The number of fused-ring (bicyclic) bond motifs is 1. The number of aryl methyl sites for hydroxylation is 1. The van der Waals surface area contributed by atoms with Crippen molar-refractivity contribution >= 4 is 24.2 Å². The number of alkyl halides is 3. The highest BCUT2D eigenvalue weighted by Gasteiger charge is 2.49. The SMILES string of the molecule is Cc1cc2c(cc1O[Si](C)(C)C(C)(C)C)C(C)(C)CC=C2OS(=O)(=O)C(F)(F)F.